The number of fused-ring (bicyclic) bond motifs is 1. The highest BCUT2D eigenvalue weighted by Gasteiger charge is 2.28. The van der Waals surface area contributed by atoms with Crippen LogP contribution in [-0.4, -0.2) is 47.4 Å². The fourth-order valence-electron chi connectivity index (χ4n) is 2.49. The van der Waals surface area contributed by atoms with Crippen molar-refractivity contribution in [2.75, 3.05) is 18.6 Å². The summed E-state index contributed by atoms with van der Waals surface area (Å²) in [5.41, 5.74) is 0.422. The van der Waals surface area contributed by atoms with Crippen molar-refractivity contribution in [1.29, 1.82) is 0 Å². The lowest BCUT2D eigenvalue weighted by atomic mass is 10.1. The molecule has 9 heteroatoms. The van der Waals surface area contributed by atoms with Gasteiger partial charge in [0.1, 0.15) is 17.5 Å². The van der Waals surface area contributed by atoms with E-state index in [9.17, 15) is 14.4 Å². The van der Waals surface area contributed by atoms with Gasteiger partial charge in [0.2, 0.25) is 5.78 Å². The average Bonchev–Trinajstić information content (AvgIpc) is 3.28. The summed E-state index contributed by atoms with van der Waals surface area (Å²) < 4.78 is 11.0. The average molecular weight is 419 g/mol. The molecule has 3 rings (SSSR count). The van der Waals surface area contributed by atoms with Gasteiger partial charge in [0, 0.05) is 22.8 Å². The van der Waals surface area contributed by atoms with Crippen LogP contribution in [0.2, 0.25) is 0 Å². The predicted octanol–water partition coefficient (Wildman–Crippen LogP) is 2.68. The van der Waals surface area contributed by atoms with Gasteiger partial charge in [-0.05, 0) is 29.8 Å². The molecule has 2 heterocycles. The van der Waals surface area contributed by atoms with Crippen LogP contribution in [0.5, 0.6) is 11.5 Å². The van der Waals surface area contributed by atoms with Crippen LogP contribution in [0, 0.1) is 0 Å². The highest BCUT2D eigenvalue weighted by atomic mass is 32.2. The summed E-state index contributed by atoms with van der Waals surface area (Å²) in [6.45, 7) is -0.344. The Morgan fingerprint density at radius 1 is 1.39 bits per heavy atom. The number of allylic oxidation sites excluding steroid dienone is 1. The molecule has 1 aliphatic rings. The van der Waals surface area contributed by atoms with Gasteiger partial charge in [-0.25, -0.2) is 4.79 Å². The van der Waals surface area contributed by atoms with Gasteiger partial charge < -0.3 is 19.9 Å². The summed E-state index contributed by atoms with van der Waals surface area (Å²) in [5.74, 6) is -0.667. The van der Waals surface area contributed by atoms with Crippen molar-refractivity contribution in [3.63, 3.8) is 0 Å². The standard InChI is InChI=1S/C19H17NO6S2/c1-27-10-14(19(23)24)20-17(21)9-25-11-4-5-13-15(7-11)26-16(18(13)22)8-12-3-2-6-28-12/h2-8,14H,9-10H2,1H3,(H,20,21)(H,23,24). The monoisotopic (exact) mass is 419 g/mol. The van der Waals surface area contributed by atoms with Crippen molar-refractivity contribution < 1.29 is 29.0 Å². The largest absolute Gasteiger partial charge is 0.484 e. The zero-order chi connectivity index (χ0) is 20.1. The van der Waals surface area contributed by atoms with Crippen molar-refractivity contribution in [2.45, 2.75) is 6.04 Å². The molecule has 146 valence electrons. The lowest BCUT2D eigenvalue weighted by molar-refractivity contribution is -0.141. The first kappa shape index (κ1) is 20.0. The summed E-state index contributed by atoms with van der Waals surface area (Å²) in [6.07, 6.45) is 3.43. The molecular formula is C19H17NO6S2. The van der Waals surface area contributed by atoms with E-state index in [1.54, 1.807) is 24.5 Å². The number of carbonyl (C=O) groups excluding carboxylic acids is 2. The third-order valence-electron chi connectivity index (χ3n) is 3.79. The number of ketones is 1. The molecule has 0 spiro atoms. The number of carbonyl (C=O) groups is 3. The van der Waals surface area contributed by atoms with Crippen molar-refractivity contribution in [3.8, 4) is 11.5 Å². The van der Waals surface area contributed by atoms with E-state index < -0.39 is 17.9 Å². The number of carboxylic acid groups (broad SMARTS) is 1. The summed E-state index contributed by atoms with van der Waals surface area (Å²) >= 11 is 2.81. The second-order valence-corrected chi connectivity index (χ2v) is 7.71. The van der Waals surface area contributed by atoms with Gasteiger partial charge in [-0.2, -0.15) is 11.8 Å². The van der Waals surface area contributed by atoms with Crippen molar-refractivity contribution in [1.82, 2.24) is 5.32 Å². The molecular weight excluding hydrogens is 402 g/mol. The normalized spacial score (nSPS) is 15.0. The molecule has 1 aromatic carbocycles. The van der Waals surface area contributed by atoms with Gasteiger partial charge in [-0.1, -0.05) is 6.07 Å². The molecule has 7 nitrogen and oxygen atoms in total. The molecule has 0 radical (unpaired) electrons. The maximum absolute atomic E-state index is 12.4. The Balaban J connectivity index is 1.62. The highest BCUT2D eigenvalue weighted by Crippen LogP contribution is 2.35. The Morgan fingerprint density at radius 3 is 2.89 bits per heavy atom. The van der Waals surface area contributed by atoms with Crippen LogP contribution >= 0.6 is 23.1 Å². The smallest absolute Gasteiger partial charge is 0.327 e. The molecule has 1 aliphatic heterocycles. The minimum absolute atomic E-state index is 0.214. The molecule has 0 saturated carbocycles. The van der Waals surface area contributed by atoms with Gasteiger partial charge in [-0.15, -0.1) is 11.3 Å². The number of thiophene rings is 1. The summed E-state index contributed by atoms with van der Waals surface area (Å²) in [7, 11) is 0. The maximum Gasteiger partial charge on any atom is 0.327 e. The van der Waals surface area contributed by atoms with E-state index in [-0.39, 0.29) is 23.9 Å². The molecule has 1 unspecified atom stereocenters. The van der Waals surface area contributed by atoms with E-state index in [2.05, 4.69) is 5.32 Å². The molecule has 28 heavy (non-hydrogen) atoms. The maximum atomic E-state index is 12.4. The third kappa shape index (κ3) is 4.73. The number of thioether (sulfide) groups is 1. The van der Waals surface area contributed by atoms with Crippen molar-refractivity contribution in [3.05, 3.63) is 51.9 Å². The molecule has 2 N–H and O–H groups in total. The molecule has 1 atom stereocenters. The fourth-order valence-corrected chi connectivity index (χ4v) is 3.69. The number of ether oxygens (including phenoxy) is 2. The van der Waals surface area contributed by atoms with Crippen LogP contribution in [0.1, 0.15) is 15.2 Å². The van der Waals surface area contributed by atoms with Crippen LogP contribution in [0.4, 0.5) is 0 Å². The fraction of sp³-hybridized carbons (Fsp3) is 0.211. The second-order valence-electron chi connectivity index (χ2n) is 5.82. The van der Waals surface area contributed by atoms with Crippen LogP contribution in [-0.2, 0) is 9.59 Å². The molecule has 2 aromatic rings. The molecule has 0 fully saturated rings. The van der Waals surface area contributed by atoms with Crippen LogP contribution in [0.25, 0.3) is 6.08 Å². The number of amides is 1. The molecule has 1 aromatic heterocycles. The Morgan fingerprint density at radius 2 is 2.21 bits per heavy atom. The second kappa shape index (κ2) is 8.94. The zero-order valence-corrected chi connectivity index (χ0v) is 16.5. The summed E-state index contributed by atoms with van der Waals surface area (Å²) in [4.78, 5) is 36.3. The Labute approximate surface area is 169 Å². The number of hydrogen-bond donors (Lipinski definition) is 2. The molecule has 1 amide bonds. The number of nitrogens with one attached hydrogen (secondary N) is 1. The van der Waals surface area contributed by atoms with Crippen molar-refractivity contribution in [2.24, 2.45) is 0 Å². The van der Waals surface area contributed by atoms with Gasteiger partial charge in [0.25, 0.3) is 5.91 Å². The number of aliphatic carboxylic acids is 1. The predicted molar refractivity (Wildman–Crippen MR) is 107 cm³/mol. The van der Waals surface area contributed by atoms with E-state index in [0.29, 0.717) is 17.1 Å². The number of carboxylic acids is 1. The molecule has 0 aliphatic carbocycles. The SMILES string of the molecule is CSCC(NC(=O)COc1ccc2c(c1)OC(=Cc1cccs1)C2=O)C(=O)O. The minimum Gasteiger partial charge on any atom is -0.484 e. The van der Waals surface area contributed by atoms with Gasteiger partial charge >= 0.3 is 5.97 Å². The number of rotatable bonds is 8. The van der Waals surface area contributed by atoms with E-state index in [1.165, 1.54) is 29.2 Å². The van der Waals surface area contributed by atoms with E-state index in [0.717, 1.165) is 4.88 Å². The Kier molecular flexibility index (Phi) is 6.37. The first-order chi connectivity index (χ1) is 13.5. The minimum atomic E-state index is -1.10. The van der Waals surface area contributed by atoms with E-state index >= 15 is 0 Å². The Hall–Kier alpha value is -2.78. The van der Waals surface area contributed by atoms with Crippen LogP contribution in [0.3, 0.4) is 0 Å². The van der Waals surface area contributed by atoms with Gasteiger partial charge in [0.15, 0.2) is 12.4 Å². The lowest BCUT2D eigenvalue weighted by Crippen LogP contribution is -2.44. The number of Topliss-reactive ketones (excluding diaryl/α,β-unsaturated/α-hetero) is 1. The quantitative estimate of drug-likeness (QED) is 0.634. The first-order valence-corrected chi connectivity index (χ1v) is 10.5. The molecule has 0 bridgehead atoms. The summed E-state index contributed by atoms with van der Waals surface area (Å²) in [6, 6.07) is 7.47. The van der Waals surface area contributed by atoms with Gasteiger partial charge in [0.05, 0.1) is 5.56 Å². The van der Waals surface area contributed by atoms with E-state index in [1.807, 2.05) is 17.5 Å². The number of benzene rings is 1. The topological polar surface area (TPSA) is 102 Å². The van der Waals surface area contributed by atoms with Crippen LogP contribution in [0.15, 0.2) is 41.5 Å². The lowest BCUT2D eigenvalue weighted by Gasteiger charge is -2.13. The Bertz CT molecular complexity index is 923. The number of hydrogen-bond acceptors (Lipinski definition) is 7. The highest BCUT2D eigenvalue weighted by molar-refractivity contribution is 7.98. The summed E-state index contributed by atoms with van der Waals surface area (Å²) in [5, 5.41) is 13.4. The third-order valence-corrected chi connectivity index (χ3v) is 5.28. The van der Waals surface area contributed by atoms with E-state index in [4.69, 9.17) is 14.6 Å². The van der Waals surface area contributed by atoms with Gasteiger partial charge in [-0.3, -0.25) is 9.59 Å². The molecule has 0 saturated heterocycles. The zero-order valence-electron chi connectivity index (χ0n) is 14.8. The van der Waals surface area contributed by atoms with Crippen molar-refractivity contribution >= 4 is 46.8 Å². The van der Waals surface area contributed by atoms with Crippen LogP contribution < -0.4 is 14.8 Å². The first-order valence-electron chi connectivity index (χ1n) is 8.23.